The van der Waals surface area contributed by atoms with Crippen LogP contribution in [0.1, 0.15) is 6.92 Å². The summed E-state index contributed by atoms with van der Waals surface area (Å²) in [4.78, 5) is 32.4. The molecule has 0 aliphatic carbocycles. The molecule has 0 aromatic rings. The molecule has 14 heavy (non-hydrogen) atoms. The van der Waals surface area contributed by atoms with E-state index in [2.05, 4.69) is 0 Å². The van der Waals surface area contributed by atoms with Crippen molar-refractivity contribution < 1.29 is 24.6 Å². The molecule has 0 saturated heterocycles. The third-order valence-electron chi connectivity index (χ3n) is 1.35. The maximum absolute atomic E-state index is 11.2. The number of amides is 1. The van der Waals surface area contributed by atoms with E-state index >= 15 is 0 Å². The van der Waals surface area contributed by atoms with Crippen molar-refractivity contribution in [2.24, 2.45) is 5.73 Å². The molecular formula is C7H12N2O5. The molecule has 0 aromatic heterocycles. The molecule has 0 rings (SSSR count). The zero-order chi connectivity index (χ0) is 11.3. The molecule has 0 radical (unpaired) electrons. The predicted octanol–water partition coefficient (Wildman–Crippen LogP) is -1.67. The number of carbonyl (C=O) groups is 3. The summed E-state index contributed by atoms with van der Waals surface area (Å²) >= 11 is 0. The zero-order valence-electron chi connectivity index (χ0n) is 7.64. The van der Waals surface area contributed by atoms with Crippen LogP contribution in [0.15, 0.2) is 0 Å². The van der Waals surface area contributed by atoms with Crippen molar-refractivity contribution in [2.75, 3.05) is 13.1 Å². The molecule has 80 valence electrons. The molecule has 0 aliphatic rings. The number of carbonyl (C=O) groups excluding carboxylic acids is 1. The quantitative estimate of drug-likeness (QED) is 0.492. The minimum absolute atomic E-state index is 0.660. The predicted molar refractivity (Wildman–Crippen MR) is 45.5 cm³/mol. The van der Waals surface area contributed by atoms with Gasteiger partial charge in [0.2, 0.25) is 5.91 Å². The van der Waals surface area contributed by atoms with E-state index in [4.69, 9.17) is 15.9 Å². The Morgan fingerprint density at radius 2 is 1.57 bits per heavy atom. The summed E-state index contributed by atoms with van der Waals surface area (Å²) in [6.45, 7) is 0.0401. The van der Waals surface area contributed by atoms with Crippen LogP contribution < -0.4 is 5.73 Å². The van der Waals surface area contributed by atoms with Crippen molar-refractivity contribution in [3.63, 3.8) is 0 Å². The Kier molecular flexibility index (Phi) is 4.57. The Hall–Kier alpha value is -1.63. The lowest BCUT2D eigenvalue weighted by Crippen LogP contribution is -2.46. The number of carboxylic acid groups (broad SMARTS) is 2. The van der Waals surface area contributed by atoms with Crippen LogP contribution in [-0.2, 0) is 14.4 Å². The molecule has 0 saturated carbocycles. The summed E-state index contributed by atoms with van der Waals surface area (Å²) in [7, 11) is 0. The SMILES string of the molecule is CC(N)C(=O)N(CC(=O)O)CC(=O)O. The van der Waals surface area contributed by atoms with Crippen molar-refractivity contribution in [1.29, 1.82) is 0 Å². The first kappa shape index (κ1) is 12.4. The second-order valence-corrected chi connectivity index (χ2v) is 2.77. The fourth-order valence-corrected chi connectivity index (χ4v) is 0.826. The minimum atomic E-state index is -1.28. The lowest BCUT2D eigenvalue weighted by molar-refractivity contribution is -0.149. The molecule has 4 N–H and O–H groups in total. The van der Waals surface area contributed by atoms with E-state index in [1.165, 1.54) is 6.92 Å². The van der Waals surface area contributed by atoms with E-state index in [0.717, 1.165) is 0 Å². The standard InChI is InChI=1S/C7H12N2O5/c1-4(8)7(14)9(2-5(10)11)3-6(12)13/h4H,2-3,8H2,1H3,(H,10,11)(H,12,13). The largest absolute Gasteiger partial charge is 0.480 e. The first-order valence-corrected chi connectivity index (χ1v) is 3.82. The van der Waals surface area contributed by atoms with Gasteiger partial charge in [0, 0.05) is 0 Å². The van der Waals surface area contributed by atoms with Gasteiger partial charge in [-0.1, -0.05) is 0 Å². The van der Waals surface area contributed by atoms with Gasteiger partial charge in [0.1, 0.15) is 13.1 Å². The van der Waals surface area contributed by atoms with E-state index in [0.29, 0.717) is 4.90 Å². The highest BCUT2D eigenvalue weighted by Crippen LogP contribution is 1.93. The summed E-state index contributed by atoms with van der Waals surface area (Å²) in [6.07, 6.45) is 0. The summed E-state index contributed by atoms with van der Waals surface area (Å²) < 4.78 is 0. The number of nitrogens with zero attached hydrogens (tertiary/aromatic N) is 1. The first-order valence-electron chi connectivity index (χ1n) is 3.82. The van der Waals surface area contributed by atoms with Crippen molar-refractivity contribution in [3.8, 4) is 0 Å². The molecule has 0 fully saturated rings. The summed E-state index contributed by atoms with van der Waals surface area (Å²) in [5.74, 6) is -3.25. The third kappa shape index (κ3) is 4.41. The fourth-order valence-electron chi connectivity index (χ4n) is 0.826. The Morgan fingerprint density at radius 3 is 1.79 bits per heavy atom. The summed E-state index contributed by atoms with van der Waals surface area (Å²) in [5, 5.41) is 16.8. The van der Waals surface area contributed by atoms with E-state index in [9.17, 15) is 14.4 Å². The molecule has 0 aliphatic heterocycles. The second-order valence-electron chi connectivity index (χ2n) is 2.77. The van der Waals surface area contributed by atoms with Crippen LogP contribution in [-0.4, -0.2) is 52.1 Å². The molecular weight excluding hydrogens is 192 g/mol. The van der Waals surface area contributed by atoms with Gasteiger partial charge in [0.25, 0.3) is 0 Å². The van der Waals surface area contributed by atoms with Gasteiger partial charge in [-0.05, 0) is 6.92 Å². The van der Waals surface area contributed by atoms with Gasteiger partial charge in [-0.3, -0.25) is 14.4 Å². The average molecular weight is 204 g/mol. The number of nitrogens with two attached hydrogens (primary N) is 1. The molecule has 1 atom stereocenters. The van der Waals surface area contributed by atoms with Crippen LogP contribution in [0.4, 0.5) is 0 Å². The Balaban J connectivity index is 4.46. The van der Waals surface area contributed by atoms with Gasteiger partial charge in [-0.15, -0.1) is 0 Å². The summed E-state index contributed by atoms with van der Waals surface area (Å²) in [6, 6.07) is -0.909. The first-order chi connectivity index (χ1) is 6.34. The van der Waals surface area contributed by atoms with Gasteiger partial charge in [0.05, 0.1) is 6.04 Å². The number of aliphatic carboxylic acids is 2. The zero-order valence-corrected chi connectivity index (χ0v) is 7.64. The molecule has 7 heteroatoms. The van der Waals surface area contributed by atoms with E-state index < -0.39 is 37.0 Å². The molecule has 0 spiro atoms. The normalized spacial score (nSPS) is 11.9. The second kappa shape index (κ2) is 5.18. The van der Waals surface area contributed by atoms with Gasteiger partial charge in [0.15, 0.2) is 0 Å². The maximum Gasteiger partial charge on any atom is 0.323 e. The highest BCUT2D eigenvalue weighted by molar-refractivity contribution is 5.87. The van der Waals surface area contributed by atoms with Crippen molar-refractivity contribution in [3.05, 3.63) is 0 Å². The Labute approximate surface area is 80.1 Å². The van der Waals surface area contributed by atoms with Gasteiger partial charge in [-0.25, -0.2) is 0 Å². The van der Waals surface area contributed by atoms with Crippen molar-refractivity contribution in [1.82, 2.24) is 4.90 Å². The Morgan fingerprint density at radius 1 is 1.21 bits per heavy atom. The Bertz CT molecular complexity index is 234. The van der Waals surface area contributed by atoms with Gasteiger partial charge >= 0.3 is 11.9 Å². The average Bonchev–Trinajstić information content (AvgIpc) is 1.99. The van der Waals surface area contributed by atoms with E-state index in [1.807, 2.05) is 0 Å². The number of rotatable bonds is 5. The highest BCUT2D eigenvalue weighted by atomic mass is 16.4. The minimum Gasteiger partial charge on any atom is -0.480 e. The number of hydrogen-bond acceptors (Lipinski definition) is 4. The van der Waals surface area contributed by atoms with E-state index in [-0.39, 0.29) is 0 Å². The third-order valence-corrected chi connectivity index (χ3v) is 1.35. The molecule has 0 aromatic carbocycles. The van der Waals surface area contributed by atoms with Crippen LogP contribution in [0.5, 0.6) is 0 Å². The van der Waals surface area contributed by atoms with Crippen LogP contribution in [0.2, 0.25) is 0 Å². The summed E-state index contributed by atoms with van der Waals surface area (Å²) in [5.41, 5.74) is 5.21. The van der Waals surface area contributed by atoms with Crippen LogP contribution in [0, 0.1) is 0 Å². The van der Waals surface area contributed by atoms with Crippen molar-refractivity contribution >= 4 is 17.8 Å². The molecule has 7 nitrogen and oxygen atoms in total. The molecule has 0 bridgehead atoms. The fraction of sp³-hybridized carbons (Fsp3) is 0.571. The highest BCUT2D eigenvalue weighted by Gasteiger charge is 2.21. The number of carboxylic acids is 2. The lowest BCUT2D eigenvalue weighted by Gasteiger charge is -2.20. The number of hydrogen-bond donors (Lipinski definition) is 3. The van der Waals surface area contributed by atoms with Crippen LogP contribution in [0.25, 0.3) is 0 Å². The van der Waals surface area contributed by atoms with E-state index in [1.54, 1.807) is 0 Å². The van der Waals surface area contributed by atoms with Crippen LogP contribution in [0.3, 0.4) is 0 Å². The molecule has 0 heterocycles. The maximum atomic E-state index is 11.2. The van der Waals surface area contributed by atoms with Crippen LogP contribution >= 0.6 is 0 Å². The van der Waals surface area contributed by atoms with Gasteiger partial charge < -0.3 is 20.8 Å². The molecule has 1 amide bonds. The smallest absolute Gasteiger partial charge is 0.323 e. The molecule has 1 unspecified atom stereocenters. The lowest BCUT2D eigenvalue weighted by atomic mass is 10.3. The van der Waals surface area contributed by atoms with Crippen molar-refractivity contribution in [2.45, 2.75) is 13.0 Å². The monoisotopic (exact) mass is 204 g/mol. The van der Waals surface area contributed by atoms with Gasteiger partial charge in [-0.2, -0.15) is 0 Å². The topological polar surface area (TPSA) is 121 Å².